The Labute approximate surface area is 92.2 Å². The lowest BCUT2D eigenvalue weighted by Crippen LogP contribution is -2.10. The minimum absolute atomic E-state index is 0.00370. The van der Waals surface area contributed by atoms with Gasteiger partial charge in [0.05, 0.1) is 0 Å². The second-order valence-corrected chi connectivity index (χ2v) is 5.55. The molecule has 2 heterocycles. The van der Waals surface area contributed by atoms with E-state index in [-0.39, 0.29) is 11.0 Å². The number of rotatable bonds is 1. The maximum Gasteiger partial charge on any atom is 0.243 e. The molecule has 16 heavy (non-hydrogen) atoms. The second-order valence-electron chi connectivity index (χ2n) is 3.62. The van der Waals surface area contributed by atoms with Crippen molar-refractivity contribution >= 4 is 21.4 Å². The number of nitrogens with two attached hydrogens (primary N) is 1. The van der Waals surface area contributed by atoms with Gasteiger partial charge in [-0.1, -0.05) is 0 Å². The number of nitrogens with zero attached hydrogens (tertiary/aromatic N) is 4. The summed E-state index contributed by atoms with van der Waals surface area (Å²) >= 11 is 0. The number of hydrogen-bond acceptors (Lipinski definition) is 6. The van der Waals surface area contributed by atoms with Gasteiger partial charge in [-0.3, -0.25) is 0 Å². The summed E-state index contributed by atoms with van der Waals surface area (Å²) in [6.07, 6.45) is 1.11. The van der Waals surface area contributed by atoms with E-state index in [4.69, 9.17) is 5.73 Å². The van der Waals surface area contributed by atoms with Crippen molar-refractivity contribution in [2.45, 2.75) is 18.9 Å². The summed E-state index contributed by atoms with van der Waals surface area (Å²) < 4.78 is 24.3. The zero-order valence-corrected chi connectivity index (χ0v) is 9.91. The molecule has 0 aromatic carbocycles. The monoisotopic (exact) mass is 241 g/mol. The van der Waals surface area contributed by atoms with Crippen molar-refractivity contribution in [1.29, 1.82) is 0 Å². The van der Waals surface area contributed by atoms with Gasteiger partial charge in [0.25, 0.3) is 0 Å². The Morgan fingerprint density at radius 1 is 1.19 bits per heavy atom. The number of fused-ring (bicyclic) bond motifs is 1. The number of nitrogen functional groups attached to an aromatic ring is 1. The van der Waals surface area contributed by atoms with Crippen LogP contribution in [0.25, 0.3) is 5.65 Å². The number of aryl methyl sites for hydroxylation is 1. The first-order valence-corrected chi connectivity index (χ1v) is 6.39. The Bertz CT molecular complexity index is 673. The van der Waals surface area contributed by atoms with E-state index in [9.17, 15) is 8.42 Å². The molecular weight excluding hydrogens is 230 g/mol. The summed E-state index contributed by atoms with van der Waals surface area (Å²) in [6.45, 7) is 3.44. The van der Waals surface area contributed by atoms with Crippen LogP contribution in [0, 0.1) is 13.8 Å². The van der Waals surface area contributed by atoms with Crippen LogP contribution in [0.3, 0.4) is 0 Å². The molecule has 0 unspecified atom stereocenters. The van der Waals surface area contributed by atoms with Gasteiger partial charge >= 0.3 is 0 Å². The fraction of sp³-hybridized carbons (Fsp3) is 0.375. The average Bonchev–Trinajstić information content (AvgIpc) is 2.52. The summed E-state index contributed by atoms with van der Waals surface area (Å²) in [5, 5.41) is 11.4. The predicted octanol–water partition coefficient (Wildman–Crippen LogP) is -0.273. The molecule has 0 fully saturated rings. The van der Waals surface area contributed by atoms with Crippen molar-refractivity contribution in [2.24, 2.45) is 0 Å². The van der Waals surface area contributed by atoms with Crippen molar-refractivity contribution in [3.63, 3.8) is 0 Å². The molecule has 0 spiro atoms. The first-order chi connectivity index (χ1) is 7.32. The van der Waals surface area contributed by atoms with E-state index in [1.165, 1.54) is 4.52 Å². The summed E-state index contributed by atoms with van der Waals surface area (Å²) in [7, 11) is -3.39. The Kier molecular flexibility index (Phi) is 2.12. The van der Waals surface area contributed by atoms with Crippen LogP contribution in [-0.2, 0) is 9.84 Å². The molecule has 0 aliphatic carbocycles. The minimum Gasteiger partial charge on any atom is -0.366 e. The minimum atomic E-state index is -3.39. The van der Waals surface area contributed by atoms with Crippen LogP contribution in [0.5, 0.6) is 0 Å². The zero-order chi connectivity index (χ0) is 12.1. The van der Waals surface area contributed by atoms with Gasteiger partial charge in [-0.15, -0.1) is 10.2 Å². The third-order valence-electron chi connectivity index (χ3n) is 2.43. The van der Waals surface area contributed by atoms with Crippen molar-refractivity contribution in [1.82, 2.24) is 19.8 Å². The number of hydrogen-bond donors (Lipinski definition) is 1. The molecule has 0 aliphatic rings. The van der Waals surface area contributed by atoms with E-state index in [1.54, 1.807) is 13.8 Å². The highest BCUT2D eigenvalue weighted by atomic mass is 32.2. The molecule has 8 heteroatoms. The highest BCUT2D eigenvalue weighted by Crippen LogP contribution is 2.19. The SMILES string of the molecule is Cc1c(S(C)(=O)=O)nn2c(N)nnc2c1C. The first kappa shape index (κ1) is 10.8. The summed E-state index contributed by atoms with van der Waals surface area (Å²) in [5.41, 5.74) is 7.29. The van der Waals surface area contributed by atoms with E-state index in [2.05, 4.69) is 15.3 Å². The van der Waals surface area contributed by atoms with Gasteiger partial charge in [-0.25, -0.2) is 8.42 Å². The average molecular weight is 241 g/mol. The van der Waals surface area contributed by atoms with Gasteiger partial charge in [0.1, 0.15) is 0 Å². The number of anilines is 1. The van der Waals surface area contributed by atoms with Crippen molar-refractivity contribution in [2.75, 3.05) is 12.0 Å². The largest absolute Gasteiger partial charge is 0.366 e. The first-order valence-electron chi connectivity index (χ1n) is 4.50. The predicted molar refractivity (Wildman–Crippen MR) is 57.8 cm³/mol. The maximum atomic E-state index is 11.5. The molecule has 0 saturated heterocycles. The summed E-state index contributed by atoms with van der Waals surface area (Å²) in [4.78, 5) is 0. The van der Waals surface area contributed by atoms with Gasteiger partial charge < -0.3 is 5.73 Å². The maximum absolute atomic E-state index is 11.5. The molecule has 0 atom stereocenters. The molecule has 0 amide bonds. The third-order valence-corrected chi connectivity index (χ3v) is 3.52. The molecule has 0 aliphatic heterocycles. The highest BCUT2D eigenvalue weighted by Gasteiger charge is 2.19. The van der Waals surface area contributed by atoms with Gasteiger partial charge in [-0.05, 0) is 19.4 Å². The molecular formula is C8H11N5O2S. The van der Waals surface area contributed by atoms with E-state index >= 15 is 0 Å². The Hall–Kier alpha value is -1.70. The van der Waals surface area contributed by atoms with Crippen LogP contribution in [0.2, 0.25) is 0 Å². The molecule has 0 bridgehead atoms. The van der Waals surface area contributed by atoms with E-state index in [1.807, 2.05) is 0 Å². The third kappa shape index (κ3) is 1.42. The molecule has 2 rings (SSSR count). The fourth-order valence-electron chi connectivity index (χ4n) is 1.47. The standard InChI is InChI=1S/C8H11N5O2S/c1-4-5(2)7(16(3,14)15)12-13-6(4)10-11-8(13)9/h1-3H3,(H2,9,11). The van der Waals surface area contributed by atoms with E-state index < -0.39 is 9.84 Å². The topological polar surface area (TPSA) is 103 Å². The van der Waals surface area contributed by atoms with E-state index in [0.717, 1.165) is 6.26 Å². The number of aromatic nitrogens is 4. The van der Waals surface area contributed by atoms with Crippen molar-refractivity contribution < 1.29 is 8.42 Å². The smallest absolute Gasteiger partial charge is 0.243 e. The Balaban J connectivity index is 2.98. The Morgan fingerprint density at radius 2 is 1.81 bits per heavy atom. The van der Waals surface area contributed by atoms with Crippen LogP contribution < -0.4 is 5.73 Å². The van der Waals surface area contributed by atoms with Gasteiger partial charge in [0.2, 0.25) is 5.95 Å². The summed E-state index contributed by atoms with van der Waals surface area (Å²) in [5.74, 6) is 0.0722. The quantitative estimate of drug-likeness (QED) is 0.737. The van der Waals surface area contributed by atoms with Gasteiger partial charge in [-0.2, -0.15) is 9.61 Å². The molecule has 2 N–H and O–H groups in total. The summed E-state index contributed by atoms with van der Waals surface area (Å²) in [6, 6.07) is 0. The second kappa shape index (κ2) is 3.14. The molecule has 0 saturated carbocycles. The molecule has 7 nitrogen and oxygen atoms in total. The molecule has 0 radical (unpaired) electrons. The van der Waals surface area contributed by atoms with Gasteiger partial charge in [0.15, 0.2) is 20.5 Å². The van der Waals surface area contributed by atoms with Gasteiger partial charge in [0, 0.05) is 11.8 Å². The van der Waals surface area contributed by atoms with Crippen LogP contribution in [0.1, 0.15) is 11.1 Å². The van der Waals surface area contributed by atoms with Crippen molar-refractivity contribution in [3.8, 4) is 0 Å². The van der Waals surface area contributed by atoms with Crippen LogP contribution >= 0.6 is 0 Å². The normalized spacial score (nSPS) is 12.2. The lowest BCUT2D eigenvalue weighted by atomic mass is 10.2. The number of sulfone groups is 1. The van der Waals surface area contributed by atoms with Crippen LogP contribution in [0.4, 0.5) is 5.95 Å². The van der Waals surface area contributed by atoms with Crippen molar-refractivity contribution in [3.05, 3.63) is 11.1 Å². The molecule has 86 valence electrons. The van der Waals surface area contributed by atoms with Crippen LogP contribution in [0.15, 0.2) is 5.03 Å². The molecule has 2 aromatic heterocycles. The Morgan fingerprint density at radius 3 is 2.38 bits per heavy atom. The zero-order valence-electron chi connectivity index (χ0n) is 9.09. The lowest BCUT2D eigenvalue weighted by Gasteiger charge is -2.06. The highest BCUT2D eigenvalue weighted by molar-refractivity contribution is 7.90. The molecule has 2 aromatic rings. The van der Waals surface area contributed by atoms with E-state index in [0.29, 0.717) is 16.8 Å². The fourth-order valence-corrected chi connectivity index (χ4v) is 2.41. The van der Waals surface area contributed by atoms with Crippen LogP contribution in [-0.4, -0.2) is 34.5 Å². The lowest BCUT2D eigenvalue weighted by molar-refractivity contribution is 0.593.